The Morgan fingerprint density at radius 3 is 2.42 bits per heavy atom. The van der Waals surface area contributed by atoms with Crippen molar-refractivity contribution in [1.82, 2.24) is 5.32 Å². The van der Waals surface area contributed by atoms with Crippen molar-refractivity contribution in [1.29, 1.82) is 0 Å². The van der Waals surface area contributed by atoms with Gasteiger partial charge in [-0.05, 0) is 30.2 Å². The van der Waals surface area contributed by atoms with E-state index in [0.29, 0.717) is 17.5 Å². The van der Waals surface area contributed by atoms with Crippen molar-refractivity contribution in [3.63, 3.8) is 0 Å². The molecule has 24 heavy (non-hydrogen) atoms. The van der Waals surface area contributed by atoms with E-state index in [4.69, 9.17) is 0 Å². The summed E-state index contributed by atoms with van der Waals surface area (Å²) in [6, 6.07) is 11.6. The van der Waals surface area contributed by atoms with Crippen LogP contribution in [0, 0.1) is 5.82 Å². The number of carbonyl (C=O) groups excluding carboxylic acids is 1. The molecule has 0 aliphatic heterocycles. The van der Waals surface area contributed by atoms with E-state index in [0.717, 1.165) is 0 Å². The molecule has 0 aliphatic carbocycles. The maximum atomic E-state index is 12.9. The number of para-hydroxylation sites is 1. The van der Waals surface area contributed by atoms with E-state index in [9.17, 15) is 18.0 Å². The van der Waals surface area contributed by atoms with Crippen molar-refractivity contribution in [2.45, 2.75) is 32.4 Å². The van der Waals surface area contributed by atoms with Gasteiger partial charge < -0.3 is 10.1 Å². The molecule has 0 unspecified atom stereocenters. The number of hydrogen-bond acceptors (Lipinski definition) is 2. The van der Waals surface area contributed by atoms with Gasteiger partial charge in [0.1, 0.15) is 11.6 Å². The first-order valence-electron chi connectivity index (χ1n) is 7.57. The molecule has 2 aromatic rings. The van der Waals surface area contributed by atoms with E-state index in [1.54, 1.807) is 18.2 Å². The van der Waals surface area contributed by atoms with Gasteiger partial charge >= 0.3 is 6.61 Å². The Balaban J connectivity index is 2.08. The third kappa shape index (κ3) is 5.01. The Hall–Kier alpha value is -2.50. The zero-order valence-corrected chi connectivity index (χ0v) is 13.1. The molecule has 6 heteroatoms. The van der Waals surface area contributed by atoms with Gasteiger partial charge in [0.25, 0.3) is 0 Å². The average molecular weight is 337 g/mol. The molecule has 1 N–H and O–H groups in total. The van der Waals surface area contributed by atoms with Crippen LogP contribution < -0.4 is 10.1 Å². The molecule has 0 aliphatic rings. The van der Waals surface area contributed by atoms with Crippen LogP contribution >= 0.6 is 0 Å². The van der Waals surface area contributed by atoms with Gasteiger partial charge in [0, 0.05) is 5.56 Å². The van der Waals surface area contributed by atoms with Gasteiger partial charge in [0.05, 0.1) is 12.5 Å². The topological polar surface area (TPSA) is 38.3 Å². The van der Waals surface area contributed by atoms with Crippen molar-refractivity contribution in [3.8, 4) is 5.75 Å². The molecule has 2 aromatic carbocycles. The lowest BCUT2D eigenvalue weighted by Gasteiger charge is -2.20. The summed E-state index contributed by atoms with van der Waals surface area (Å²) in [6.07, 6.45) is 0.591. The van der Waals surface area contributed by atoms with Crippen LogP contribution in [-0.4, -0.2) is 12.5 Å². The fraction of sp³-hybridized carbons (Fsp3) is 0.278. The first-order chi connectivity index (χ1) is 11.5. The number of halogens is 3. The number of benzene rings is 2. The van der Waals surface area contributed by atoms with Crippen molar-refractivity contribution < 1.29 is 22.7 Å². The molecule has 0 fully saturated rings. The Bertz CT molecular complexity index is 674. The Morgan fingerprint density at radius 1 is 1.12 bits per heavy atom. The molecule has 2 rings (SSSR count). The van der Waals surface area contributed by atoms with Crippen LogP contribution in [0.5, 0.6) is 5.75 Å². The van der Waals surface area contributed by atoms with Gasteiger partial charge in [0.15, 0.2) is 0 Å². The van der Waals surface area contributed by atoms with E-state index in [1.807, 2.05) is 6.92 Å². The summed E-state index contributed by atoms with van der Waals surface area (Å²) >= 11 is 0. The molecule has 0 aromatic heterocycles. The third-order valence-electron chi connectivity index (χ3n) is 3.53. The maximum absolute atomic E-state index is 12.9. The minimum Gasteiger partial charge on any atom is -0.434 e. The molecule has 128 valence electrons. The van der Waals surface area contributed by atoms with Crippen LogP contribution in [0.3, 0.4) is 0 Å². The minimum absolute atomic E-state index is 0.0430. The fourth-order valence-electron chi connectivity index (χ4n) is 2.40. The predicted octanol–water partition coefficient (Wildman–Crippen LogP) is 4.24. The smallest absolute Gasteiger partial charge is 0.387 e. The van der Waals surface area contributed by atoms with E-state index in [-0.39, 0.29) is 23.9 Å². The van der Waals surface area contributed by atoms with Crippen LogP contribution in [0.1, 0.15) is 30.5 Å². The van der Waals surface area contributed by atoms with Crippen LogP contribution in [0.25, 0.3) is 0 Å². The summed E-state index contributed by atoms with van der Waals surface area (Å²) in [6.45, 7) is -1.10. The molecule has 0 spiro atoms. The second kappa shape index (κ2) is 8.38. The largest absolute Gasteiger partial charge is 0.434 e. The lowest BCUT2D eigenvalue weighted by Crippen LogP contribution is -2.30. The minimum atomic E-state index is -2.93. The van der Waals surface area contributed by atoms with Gasteiger partial charge in [-0.25, -0.2) is 4.39 Å². The summed E-state index contributed by atoms with van der Waals surface area (Å²) in [4.78, 5) is 12.2. The summed E-state index contributed by atoms with van der Waals surface area (Å²) < 4.78 is 42.4. The number of hydrogen-bond donors (Lipinski definition) is 1. The number of rotatable bonds is 7. The predicted molar refractivity (Wildman–Crippen MR) is 84.4 cm³/mol. The fourth-order valence-corrected chi connectivity index (χ4v) is 2.40. The first kappa shape index (κ1) is 17.8. The Labute approximate surface area is 138 Å². The van der Waals surface area contributed by atoms with Crippen molar-refractivity contribution >= 4 is 5.91 Å². The second-order valence-corrected chi connectivity index (χ2v) is 5.25. The molecule has 0 saturated carbocycles. The standard InChI is InChI=1S/C18H18F3NO2/c1-2-15(14-5-3-4-6-16(14)24-18(20)21)22-17(23)11-12-7-9-13(19)10-8-12/h3-10,15,18H,2,11H2,1H3,(H,22,23)/t15-/m0/s1. The summed E-state index contributed by atoms with van der Waals surface area (Å²) in [5, 5.41) is 2.80. The van der Waals surface area contributed by atoms with E-state index in [1.165, 1.54) is 30.3 Å². The normalized spacial score (nSPS) is 12.0. The molecule has 3 nitrogen and oxygen atoms in total. The molecule has 1 atom stereocenters. The molecule has 0 bridgehead atoms. The second-order valence-electron chi connectivity index (χ2n) is 5.25. The van der Waals surface area contributed by atoms with Crippen molar-refractivity contribution in [2.24, 2.45) is 0 Å². The summed E-state index contributed by atoms with van der Waals surface area (Å²) in [7, 11) is 0. The Morgan fingerprint density at radius 2 is 1.79 bits per heavy atom. The van der Waals surface area contributed by atoms with Crippen molar-refractivity contribution in [2.75, 3.05) is 0 Å². The molecule has 0 heterocycles. The average Bonchev–Trinajstić information content (AvgIpc) is 2.55. The SMILES string of the molecule is CC[C@H](NC(=O)Cc1ccc(F)cc1)c1ccccc1OC(F)F. The molecule has 1 amide bonds. The number of amides is 1. The molecule has 0 radical (unpaired) electrons. The van der Waals surface area contributed by atoms with Crippen LogP contribution in [0.15, 0.2) is 48.5 Å². The molecular formula is C18H18F3NO2. The van der Waals surface area contributed by atoms with Crippen LogP contribution in [0.4, 0.5) is 13.2 Å². The lowest BCUT2D eigenvalue weighted by atomic mass is 10.0. The summed E-state index contributed by atoms with van der Waals surface area (Å²) in [5.41, 5.74) is 1.16. The van der Waals surface area contributed by atoms with Crippen LogP contribution in [-0.2, 0) is 11.2 Å². The molecular weight excluding hydrogens is 319 g/mol. The van der Waals surface area contributed by atoms with E-state index in [2.05, 4.69) is 10.1 Å². The highest BCUT2D eigenvalue weighted by Crippen LogP contribution is 2.28. The third-order valence-corrected chi connectivity index (χ3v) is 3.53. The molecule has 0 saturated heterocycles. The monoisotopic (exact) mass is 337 g/mol. The Kier molecular flexibility index (Phi) is 6.23. The van der Waals surface area contributed by atoms with Gasteiger partial charge in [-0.15, -0.1) is 0 Å². The number of nitrogens with one attached hydrogen (secondary N) is 1. The number of alkyl halides is 2. The van der Waals surface area contributed by atoms with Gasteiger partial charge in [-0.1, -0.05) is 37.3 Å². The first-order valence-corrected chi connectivity index (χ1v) is 7.57. The number of ether oxygens (including phenoxy) is 1. The van der Waals surface area contributed by atoms with Gasteiger partial charge in [-0.2, -0.15) is 8.78 Å². The highest BCUT2D eigenvalue weighted by molar-refractivity contribution is 5.79. The number of carbonyl (C=O) groups is 1. The highest BCUT2D eigenvalue weighted by Gasteiger charge is 2.18. The summed E-state index contributed by atoms with van der Waals surface area (Å²) in [5.74, 6) is -0.606. The van der Waals surface area contributed by atoms with E-state index < -0.39 is 12.7 Å². The maximum Gasteiger partial charge on any atom is 0.387 e. The lowest BCUT2D eigenvalue weighted by molar-refractivity contribution is -0.121. The zero-order chi connectivity index (χ0) is 17.5. The van der Waals surface area contributed by atoms with Gasteiger partial charge in [-0.3, -0.25) is 4.79 Å². The quantitative estimate of drug-likeness (QED) is 0.821. The van der Waals surface area contributed by atoms with Crippen LogP contribution in [0.2, 0.25) is 0 Å². The van der Waals surface area contributed by atoms with Crippen molar-refractivity contribution in [3.05, 3.63) is 65.5 Å². The highest BCUT2D eigenvalue weighted by atomic mass is 19.3. The van der Waals surface area contributed by atoms with E-state index >= 15 is 0 Å². The zero-order valence-electron chi connectivity index (χ0n) is 13.1. The van der Waals surface area contributed by atoms with Gasteiger partial charge in [0.2, 0.25) is 5.91 Å².